The van der Waals surface area contributed by atoms with E-state index in [1.807, 2.05) is 13.0 Å². The minimum absolute atomic E-state index is 0.128. The van der Waals surface area contributed by atoms with Crippen molar-refractivity contribution in [2.45, 2.75) is 12.8 Å². The molecule has 1 unspecified atom stereocenters. The first kappa shape index (κ1) is 10.3. The third-order valence-electron chi connectivity index (χ3n) is 2.07. The Labute approximate surface area is 83.4 Å². The molecule has 1 atom stereocenters. The largest absolute Gasteiger partial charge is 0.355 e. The van der Waals surface area contributed by atoms with Crippen LogP contribution >= 0.6 is 0 Å². The van der Waals surface area contributed by atoms with E-state index >= 15 is 0 Å². The molecule has 0 aliphatic heterocycles. The van der Waals surface area contributed by atoms with Crippen LogP contribution in [0.5, 0.6) is 0 Å². The van der Waals surface area contributed by atoms with Crippen LogP contribution in [0.4, 0.5) is 0 Å². The number of nitrogens with zero attached hydrogens (tertiary/aromatic N) is 1. The van der Waals surface area contributed by atoms with Crippen molar-refractivity contribution in [2.75, 3.05) is 7.05 Å². The minimum atomic E-state index is -0.181. The number of amides is 1. The van der Waals surface area contributed by atoms with Crippen molar-refractivity contribution in [3.63, 3.8) is 0 Å². The van der Waals surface area contributed by atoms with E-state index in [-0.39, 0.29) is 11.8 Å². The molecule has 0 saturated heterocycles. The van der Waals surface area contributed by atoms with Gasteiger partial charge in [0.2, 0.25) is 0 Å². The first-order chi connectivity index (χ1) is 6.69. The molecule has 0 radical (unpaired) electrons. The molecule has 0 aromatic heterocycles. The number of benzene rings is 1. The first-order valence-electron chi connectivity index (χ1n) is 4.40. The summed E-state index contributed by atoms with van der Waals surface area (Å²) in [4.78, 5) is 11.3. The number of nitriles is 1. The maximum atomic E-state index is 11.3. The van der Waals surface area contributed by atoms with Gasteiger partial charge in [0.1, 0.15) is 0 Å². The van der Waals surface area contributed by atoms with Crippen LogP contribution in [0.25, 0.3) is 0 Å². The van der Waals surface area contributed by atoms with Crippen molar-refractivity contribution in [1.82, 2.24) is 5.32 Å². The van der Waals surface area contributed by atoms with E-state index in [0.29, 0.717) is 5.56 Å². The van der Waals surface area contributed by atoms with Gasteiger partial charge in [-0.1, -0.05) is 12.1 Å². The highest BCUT2D eigenvalue weighted by Crippen LogP contribution is 2.15. The zero-order valence-electron chi connectivity index (χ0n) is 8.24. The number of hydrogen-bond donors (Lipinski definition) is 1. The normalized spacial score (nSPS) is 11.5. The molecule has 1 aromatic rings. The smallest absolute Gasteiger partial charge is 0.251 e. The summed E-state index contributed by atoms with van der Waals surface area (Å²) in [5, 5.41) is 11.3. The lowest BCUT2D eigenvalue weighted by molar-refractivity contribution is 0.0963. The molecule has 0 bridgehead atoms. The van der Waals surface area contributed by atoms with Gasteiger partial charge in [-0.25, -0.2) is 0 Å². The summed E-state index contributed by atoms with van der Waals surface area (Å²) in [6.07, 6.45) is 0. The highest BCUT2D eigenvalue weighted by molar-refractivity contribution is 5.94. The minimum Gasteiger partial charge on any atom is -0.355 e. The van der Waals surface area contributed by atoms with E-state index < -0.39 is 0 Å². The molecule has 1 N–H and O–H groups in total. The fraction of sp³-hybridized carbons (Fsp3) is 0.273. The lowest BCUT2D eigenvalue weighted by Gasteiger charge is -2.05. The number of nitrogens with one attached hydrogen (secondary N) is 1. The van der Waals surface area contributed by atoms with Gasteiger partial charge in [-0.3, -0.25) is 4.79 Å². The number of carbonyl (C=O) groups is 1. The van der Waals surface area contributed by atoms with Crippen molar-refractivity contribution in [2.24, 2.45) is 0 Å². The van der Waals surface area contributed by atoms with Gasteiger partial charge < -0.3 is 5.32 Å². The summed E-state index contributed by atoms with van der Waals surface area (Å²) < 4.78 is 0. The predicted molar refractivity (Wildman–Crippen MR) is 53.9 cm³/mol. The molecule has 72 valence electrons. The molecule has 14 heavy (non-hydrogen) atoms. The predicted octanol–water partition coefficient (Wildman–Crippen LogP) is 1.67. The maximum Gasteiger partial charge on any atom is 0.251 e. The molecular formula is C11H12N2O. The molecule has 3 nitrogen and oxygen atoms in total. The summed E-state index contributed by atoms with van der Waals surface area (Å²) in [5.74, 6) is -0.309. The van der Waals surface area contributed by atoms with Crippen LogP contribution in [-0.2, 0) is 0 Å². The Morgan fingerprint density at radius 1 is 1.57 bits per heavy atom. The lowest BCUT2D eigenvalue weighted by Crippen LogP contribution is -2.17. The van der Waals surface area contributed by atoms with E-state index in [0.717, 1.165) is 5.56 Å². The standard InChI is InChI=1S/C11H12N2O/c1-8(7-12)9-4-3-5-10(6-9)11(14)13-2/h3-6,8H,1-2H3,(H,13,14). The molecule has 1 amide bonds. The monoisotopic (exact) mass is 188 g/mol. The van der Waals surface area contributed by atoms with Gasteiger partial charge in [0.05, 0.1) is 12.0 Å². The van der Waals surface area contributed by atoms with E-state index in [9.17, 15) is 4.79 Å². The first-order valence-corrected chi connectivity index (χ1v) is 4.40. The van der Waals surface area contributed by atoms with Crippen molar-refractivity contribution >= 4 is 5.91 Å². The van der Waals surface area contributed by atoms with E-state index in [2.05, 4.69) is 11.4 Å². The number of hydrogen-bond acceptors (Lipinski definition) is 2. The molecule has 0 heterocycles. The van der Waals surface area contributed by atoms with Crippen molar-refractivity contribution in [3.8, 4) is 6.07 Å². The molecule has 1 aromatic carbocycles. The summed E-state index contributed by atoms with van der Waals surface area (Å²) in [5.41, 5.74) is 1.46. The van der Waals surface area contributed by atoms with Crippen molar-refractivity contribution < 1.29 is 4.79 Å². The molecular weight excluding hydrogens is 176 g/mol. The van der Waals surface area contributed by atoms with Gasteiger partial charge in [-0.2, -0.15) is 5.26 Å². The molecule has 0 saturated carbocycles. The zero-order valence-corrected chi connectivity index (χ0v) is 8.24. The van der Waals surface area contributed by atoms with Crippen LogP contribution in [0.2, 0.25) is 0 Å². The summed E-state index contributed by atoms with van der Waals surface area (Å²) in [6, 6.07) is 9.24. The number of carbonyl (C=O) groups excluding carboxylic acids is 1. The van der Waals surface area contributed by atoms with E-state index in [1.54, 1.807) is 25.2 Å². The van der Waals surface area contributed by atoms with Crippen molar-refractivity contribution in [3.05, 3.63) is 35.4 Å². The number of rotatable bonds is 2. The van der Waals surface area contributed by atoms with Crippen LogP contribution in [0.1, 0.15) is 28.8 Å². The van der Waals surface area contributed by atoms with Gasteiger partial charge in [0.25, 0.3) is 5.91 Å². The van der Waals surface area contributed by atoms with Crippen LogP contribution in [0.3, 0.4) is 0 Å². The van der Waals surface area contributed by atoms with Crippen molar-refractivity contribution in [1.29, 1.82) is 5.26 Å². The topological polar surface area (TPSA) is 52.9 Å². The van der Waals surface area contributed by atoms with Gasteiger partial charge in [0.15, 0.2) is 0 Å². The van der Waals surface area contributed by atoms with Crippen LogP contribution in [-0.4, -0.2) is 13.0 Å². The van der Waals surface area contributed by atoms with Gasteiger partial charge in [0, 0.05) is 12.6 Å². The maximum absolute atomic E-state index is 11.3. The fourth-order valence-corrected chi connectivity index (χ4v) is 1.17. The molecule has 0 fully saturated rings. The Hall–Kier alpha value is -1.82. The average Bonchev–Trinajstić information content (AvgIpc) is 2.27. The van der Waals surface area contributed by atoms with Gasteiger partial charge >= 0.3 is 0 Å². The third kappa shape index (κ3) is 2.11. The third-order valence-corrected chi connectivity index (χ3v) is 2.07. The average molecular weight is 188 g/mol. The Morgan fingerprint density at radius 3 is 2.86 bits per heavy atom. The Balaban J connectivity index is 3.02. The van der Waals surface area contributed by atoms with Gasteiger partial charge in [-0.15, -0.1) is 0 Å². The summed E-state index contributed by atoms with van der Waals surface area (Å²) in [7, 11) is 1.59. The highest BCUT2D eigenvalue weighted by Gasteiger charge is 2.07. The highest BCUT2D eigenvalue weighted by atomic mass is 16.1. The second-order valence-corrected chi connectivity index (χ2v) is 3.06. The molecule has 3 heteroatoms. The van der Waals surface area contributed by atoms with E-state index in [4.69, 9.17) is 5.26 Å². The second-order valence-electron chi connectivity index (χ2n) is 3.06. The molecule has 0 aliphatic rings. The molecule has 1 rings (SSSR count). The lowest BCUT2D eigenvalue weighted by atomic mass is 10.0. The van der Waals surface area contributed by atoms with Crippen LogP contribution < -0.4 is 5.32 Å². The Morgan fingerprint density at radius 2 is 2.29 bits per heavy atom. The Bertz CT molecular complexity index is 379. The molecule has 0 spiro atoms. The van der Waals surface area contributed by atoms with E-state index in [1.165, 1.54) is 0 Å². The summed E-state index contributed by atoms with van der Waals surface area (Å²) >= 11 is 0. The summed E-state index contributed by atoms with van der Waals surface area (Å²) in [6.45, 7) is 1.81. The second kappa shape index (κ2) is 4.43. The Kier molecular flexibility index (Phi) is 3.24. The SMILES string of the molecule is CNC(=O)c1cccc(C(C)C#N)c1. The zero-order chi connectivity index (χ0) is 10.6. The van der Waals surface area contributed by atoms with Gasteiger partial charge in [-0.05, 0) is 24.6 Å². The van der Waals surface area contributed by atoms with Crippen LogP contribution in [0.15, 0.2) is 24.3 Å². The fourth-order valence-electron chi connectivity index (χ4n) is 1.17. The molecule has 0 aliphatic carbocycles. The van der Waals surface area contributed by atoms with Crippen LogP contribution in [0, 0.1) is 11.3 Å². The quantitative estimate of drug-likeness (QED) is 0.767.